The summed E-state index contributed by atoms with van der Waals surface area (Å²) in [5.41, 5.74) is 8.56. The Morgan fingerprint density at radius 1 is 1.08 bits per heavy atom. The summed E-state index contributed by atoms with van der Waals surface area (Å²) in [7, 11) is 0. The second-order valence-electron chi connectivity index (χ2n) is 7.41. The predicted molar refractivity (Wildman–Crippen MR) is 98.6 cm³/mol. The summed E-state index contributed by atoms with van der Waals surface area (Å²) >= 11 is 1.48. The van der Waals surface area contributed by atoms with Crippen LogP contribution in [0.3, 0.4) is 0 Å². The lowest BCUT2D eigenvalue weighted by Crippen LogP contribution is -2.48. The number of nitrogens with one attached hydrogen (secondary N) is 2. The van der Waals surface area contributed by atoms with E-state index in [2.05, 4.69) is 10.9 Å². The minimum atomic E-state index is -0.938. The summed E-state index contributed by atoms with van der Waals surface area (Å²) in [5, 5.41) is 11.4. The Labute approximate surface area is 156 Å². The zero-order valence-electron chi connectivity index (χ0n) is 15.4. The monoisotopic (exact) mass is 376 g/mol. The first-order valence-corrected chi connectivity index (χ1v) is 9.67. The molecular weight excluding hydrogens is 352 g/mol. The van der Waals surface area contributed by atoms with Gasteiger partial charge in [-0.1, -0.05) is 11.1 Å². The Balaban J connectivity index is 1.75. The van der Waals surface area contributed by atoms with Crippen molar-refractivity contribution in [1.29, 1.82) is 0 Å². The molecule has 140 valence electrons. The van der Waals surface area contributed by atoms with Crippen molar-refractivity contribution in [1.82, 2.24) is 10.9 Å². The molecule has 2 amide bonds. The van der Waals surface area contributed by atoms with Crippen molar-refractivity contribution in [3.8, 4) is 0 Å². The van der Waals surface area contributed by atoms with Crippen molar-refractivity contribution >= 4 is 29.1 Å². The molecule has 6 nitrogen and oxygen atoms in total. The van der Waals surface area contributed by atoms with Crippen molar-refractivity contribution in [3.05, 3.63) is 32.5 Å². The Bertz CT molecular complexity index is 806. The van der Waals surface area contributed by atoms with E-state index in [1.807, 2.05) is 27.7 Å². The van der Waals surface area contributed by atoms with Crippen molar-refractivity contribution in [3.63, 3.8) is 0 Å². The van der Waals surface area contributed by atoms with E-state index in [4.69, 9.17) is 0 Å². The summed E-state index contributed by atoms with van der Waals surface area (Å²) in [5.74, 6) is -3.21. The van der Waals surface area contributed by atoms with Gasteiger partial charge in [0.1, 0.15) is 0 Å². The van der Waals surface area contributed by atoms with Crippen molar-refractivity contribution in [2.75, 3.05) is 0 Å². The Morgan fingerprint density at radius 2 is 1.69 bits per heavy atom. The van der Waals surface area contributed by atoms with Gasteiger partial charge in [0.2, 0.25) is 5.91 Å². The third-order valence-electron chi connectivity index (χ3n) is 5.84. The Hall–Kier alpha value is -2.15. The molecule has 1 aromatic heterocycles. The van der Waals surface area contributed by atoms with Crippen LogP contribution in [0.25, 0.3) is 0 Å². The summed E-state index contributed by atoms with van der Waals surface area (Å²) in [6.07, 6.45) is 1.63. The van der Waals surface area contributed by atoms with Crippen LogP contribution in [0.15, 0.2) is 16.5 Å². The highest BCUT2D eigenvalue weighted by Crippen LogP contribution is 2.57. The van der Waals surface area contributed by atoms with E-state index in [0.29, 0.717) is 5.56 Å². The molecule has 0 aliphatic heterocycles. The van der Waals surface area contributed by atoms with Crippen molar-refractivity contribution < 1.29 is 19.5 Å². The first kappa shape index (κ1) is 18.6. The molecule has 0 spiro atoms. The fourth-order valence-corrected chi connectivity index (χ4v) is 5.48. The van der Waals surface area contributed by atoms with Gasteiger partial charge in [-0.15, -0.1) is 11.3 Å². The van der Waals surface area contributed by atoms with Gasteiger partial charge in [0.05, 0.1) is 17.4 Å². The third kappa shape index (κ3) is 2.94. The molecule has 2 saturated carbocycles. The van der Waals surface area contributed by atoms with Gasteiger partial charge in [0.15, 0.2) is 0 Å². The fourth-order valence-electron chi connectivity index (χ4n) is 4.61. The zero-order chi connectivity index (χ0) is 19.2. The summed E-state index contributed by atoms with van der Waals surface area (Å²) in [6.45, 7) is 7.75. The molecule has 2 aliphatic rings. The van der Waals surface area contributed by atoms with Crippen LogP contribution in [-0.2, 0) is 9.59 Å². The van der Waals surface area contributed by atoms with Gasteiger partial charge in [-0.3, -0.25) is 25.2 Å². The maximum Gasteiger partial charge on any atom is 0.307 e. The number of carboxylic acid groups (broad SMARTS) is 1. The van der Waals surface area contributed by atoms with Crippen LogP contribution in [0.2, 0.25) is 0 Å². The lowest BCUT2D eigenvalue weighted by molar-refractivity contribution is -0.149. The molecule has 0 saturated heterocycles. The number of thiophene rings is 1. The van der Waals surface area contributed by atoms with Gasteiger partial charge < -0.3 is 5.11 Å². The average molecular weight is 376 g/mol. The molecule has 2 aliphatic carbocycles. The van der Waals surface area contributed by atoms with Crippen LogP contribution in [0.1, 0.15) is 47.5 Å². The average Bonchev–Trinajstić information content (AvgIpc) is 3.24. The predicted octanol–water partition coefficient (Wildman–Crippen LogP) is 2.82. The third-order valence-corrected chi connectivity index (χ3v) is 6.85. The number of allylic oxidation sites excluding steroid dienone is 2. The van der Waals surface area contributed by atoms with Crippen molar-refractivity contribution in [2.45, 2.75) is 40.5 Å². The largest absolute Gasteiger partial charge is 0.481 e. The summed E-state index contributed by atoms with van der Waals surface area (Å²) in [4.78, 5) is 37.9. The number of fused-ring (bicyclic) bond motifs is 2. The molecule has 4 atom stereocenters. The number of carbonyl (C=O) groups is 3. The molecule has 26 heavy (non-hydrogen) atoms. The number of hydrogen-bond donors (Lipinski definition) is 3. The minimum Gasteiger partial charge on any atom is -0.481 e. The van der Waals surface area contributed by atoms with Crippen LogP contribution in [-0.4, -0.2) is 22.9 Å². The smallest absolute Gasteiger partial charge is 0.307 e. The molecule has 1 aromatic rings. The first-order chi connectivity index (χ1) is 12.2. The van der Waals surface area contributed by atoms with Gasteiger partial charge in [-0.2, -0.15) is 0 Å². The van der Waals surface area contributed by atoms with E-state index < -0.39 is 23.7 Å². The van der Waals surface area contributed by atoms with E-state index in [1.165, 1.54) is 11.3 Å². The molecule has 0 radical (unpaired) electrons. The van der Waals surface area contributed by atoms with Crippen LogP contribution in [0, 0.1) is 37.5 Å². The molecule has 2 bridgehead atoms. The first-order valence-electron chi connectivity index (χ1n) is 8.79. The Morgan fingerprint density at radius 3 is 2.19 bits per heavy atom. The second-order valence-corrected chi connectivity index (χ2v) is 8.49. The minimum absolute atomic E-state index is 0.0480. The molecule has 2 fully saturated rings. The number of carbonyl (C=O) groups excluding carboxylic acids is 2. The summed E-state index contributed by atoms with van der Waals surface area (Å²) < 4.78 is 0. The normalized spacial score (nSPS) is 26.7. The van der Waals surface area contributed by atoms with Gasteiger partial charge in [-0.25, -0.2) is 0 Å². The SMILES string of the molecule is CC(C)=C1[C@H]2CC[C@@H]1[C@@H](C(=O)O)[C@@H]2C(=O)NNC(=O)c1csc(C)c1C. The van der Waals surface area contributed by atoms with E-state index >= 15 is 0 Å². The number of hydrazine groups is 1. The molecule has 3 N–H and O–H groups in total. The van der Waals surface area contributed by atoms with Crippen LogP contribution >= 0.6 is 11.3 Å². The lowest BCUT2D eigenvalue weighted by Gasteiger charge is -2.26. The molecular formula is C19H24N2O4S. The molecule has 0 aromatic carbocycles. The van der Waals surface area contributed by atoms with E-state index in [1.54, 1.807) is 5.38 Å². The number of aryl methyl sites for hydroxylation is 1. The van der Waals surface area contributed by atoms with Gasteiger partial charge in [-0.05, 0) is 57.9 Å². The van der Waals surface area contributed by atoms with Crippen LogP contribution < -0.4 is 10.9 Å². The van der Waals surface area contributed by atoms with E-state index in [0.717, 1.165) is 34.4 Å². The van der Waals surface area contributed by atoms with Crippen LogP contribution in [0.5, 0.6) is 0 Å². The van der Waals surface area contributed by atoms with Crippen LogP contribution in [0.4, 0.5) is 0 Å². The maximum atomic E-state index is 12.7. The lowest BCUT2D eigenvalue weighted by atomic mass is 9.79. The van der Waals surface area contributed by atoms with E-state index in [-0.39, 0.29) is 17.7 Å². The summed E-state index contributed by atoms with van der Waals surface area (Å²) in [6, 6.07) is 0. The topological polar surface area (TPSA) is 95.5 Å². The highest BCUT2D eigenvalue weighted by molar-refractivity contribution is 7.10. The molecule has 7 heteroatoms. The number of aliphatic carboxylic acids is 1. The molecule has 1 heterocycles. The Kier molecular flexibility index (Phi) is 4.92. The number of rotatable bonds is 3. The molecule has 0 unspecified atom stereocenters. The standard InChI is InChI=1S/C19H24N2O4S/c1-8(2)14-11-5-6-12(14)16(19(24)25)15(11)18(23)21-20-17(22)13-7-26-10(4)9(13)3/h7,11-12,15-16H,5-6H2,1-4H3,(H,20,22)(H,21,23)(H,24,25)/t11-,12+,15-,16-/m1/s1. The van der Waals surface area contributed by atoms with Crippen molar-refractivity contribution in [2.24, 2.45) is 23.7 Å². The quantitative estimate of drug-likeness (QED) is 0.558. The fraction of sp³-hybridized carbons (Fsp3) is 0.526. The number of hydrogen-bond acceptors (Lipinski definition) is 4. The maximum absolute atomic E-state index is 12.7. The van der Waals surface area contributed by atoms with Gasteiger partial charge >= 0.3 is 5.97 Å². The number of carboxylic acids is 1. The van der Waals surface area contributed by atoms with Gasteiger partial charge in [0.25, 0.3) is 5.91 Å². The molecule has 3 rings (SSSR count). The zero-order valence-corrected chi connectivity index (χ0v) is 16.2. The highest BCUT2D eigenvalue weighted by Gasteiger charge is 2.57. The van der Waals surface area contributed by atoms with Gasteiger partial charge in [0, 0.05) is 10.3 Å². The highest BCUT2D eigenvalue weighted by atomic mass is 32.1. The number of amides is 2. The second kappa shape index (κ2) is 6.87. The van der Waals surface area contributed by atoms with E-state index in [9.17, 15) is 19.5 Å².